The Bertz CT molecular complexity index is 919. The minimum absolute atomic E-state index is 0.197. The molecule has 1 atom stereocenters. The maximum Gasteiger partial charge on any atom is 0.250 e. The standard InChI is InChI=1S/C18H22N6O3/c1-12-8-20-23(9-14-5-6-15(26-3)16(7-14)27-4)17(12)22-18(25)13(2)24-11-19-10-21-24/h5-8,10-11,13H,9H2,1-4H3,(H,22,25). The average Bonchev–Trinajstić information content (AvgIpc) is 3.33. The number of nitrogens with zero attached hydrogens (tertiary/aromatic N) is 5. The van der Waals surface area contributed by atoms with Gasteiger partial charge in [0.25, 0.3) is 0 Å². The Hall–Kier alpha value is -3.36. The average molecular weight is 370 g/mol. The van der Waals surface area contributed by atoms with Gasteiger partial charge in [-0.15, -0.1) is 0 Å². The van der Waals surface area contributed by atoms with Gasteiger partial charge >= 0.3 is 0 Å². The SMILES string of the molecule is COc1ccc(Cn2ncc(C)c2NC(=O)C(C)n2cncn2)cc1OC. The highest BCUT2D eigenvalue weighted by molar-refractivity contribution is 5.93. The van der Waals surface area contributed by atoms with Crippen LogP contribution in [0.1, 0.15) is 24.1 Å². The van der Waals surface area contributed by atoms with E-state index in [0.717, 1.165) is 11.1 Å². The largest absolute Gasteiger partial charge is 0.493 e. The number of carbonyl (C=O) groups excluding carboxylic acids is 1. The molecule has 0 aliphatic carbocycles. The first-order chi connectivity index (χ1) is 13.0. The van der Waals surface area contributed by atoms with Crippen LogP contribution in [-0.2, 0) is 11.3 Å². The van der Waals surface area contributed by atoms with Crippen LogP contribution in [0.2, 0.25) is 0 Å². The first-order valence-corrected chi connectivity index (χ1v) is 8.41. The van der Waals surface area contributed by atoms with Crippen molar-refractivity contribution in [3.63, 3.8) is 0 Å². The number of ether oxygens (including phenoxy) is 2. The molecule has 2 aromatic heterocycles. The zero-order chi connectivity index (χ0) is 19.4. The van der Waals surface area contributed by atoms with Gasteiger partial charge in [-0.3, -0.25) is 4.79 Å². The molecule has 1 unspecified atom stereocenters. The summed E-state index contributed by atoms with van der Waals surface area (Å²) in [4.78, 5) is 16.4. The van der Waals surface area contributed by atoms with E-state index in [1.165, 1.54) is 17.3 Å². The van der Waals surface area contributed by atoms with Crippen LogP contribution in [0.25, 0.3) is 0 Å². The topological polar surface area (TPSA) is 96.1 Å². The molecular weight excluding hydrogens is 348 g/mol. The van der Waals surface area contributed by atoms with Crippen LogP contribution in [0.4, 0.5) is 5.82 Å². The van der Waals surface area contributed by atoms with E-state index in [1.807, 2.05) is 25.1 Å². The number of amides is 1. The van der Waals surface area contributed by atoms with Crippen molar-refractivity contribution in [3.8, 4) is 11.5 Å². The molecule has 1 aromatic carbocycles. The van der Waals surface area contributed by atoms with Crippen molar-refractivity contribution in [3.05, 3.63) is 48.2 Å². The number of methoxy groups -OCH3 is 2. The summed E-state index contributed by atoms with van der Waals surface area (Å²) in [7, 11) is 3.19. The Labute approximate surface area is 156 Å². The summed E-state index contributed by atoms with van der Waals surface area (Å²) in [6.45, 7) is 4.13. The second kappa shape index (κ2) is 7.90. The van der Waals surface area contributed by atoms with Crippen LogP contribution in [0.15, 0.2) is 37.1 Å². The van der Waals surface area contributed by atoms with E-state index in [1.54, 1.807) is 32.0 Å². The van der Waals surface area contributed by atoms with Gasteiger partial charge in [0.05, 0.1) is 27.0 Å². The Balaban J connectivity index is 1.80. The minimum Gasteiger partial charge on any atom is -0.493 e. The van der Waals surface area contributed by atoms with Gasteiger partial charge in [-0.1, -0.05) is 6.07 Å². The highest BCUT2D eigenvalue weighted by Crippen LogP contribution is 2.28. The van der Waals surface area contributed by atoms with Crippen molar-refractivity contribution in [2.75, 3.05) is 19.5 Å². The first kappa shape index (κ1) is 18.4. The third-order valence-corrected chi connectivity index (χ3v) is 4.26. The van der Waals surface area contributed by atoms with Gasteiger partial charge in [-0.25, -0.2) is 14.3 Å². The van der Waals surface area contributed by atoms with Crippen molar-refractivity contribution in [1.29, 1.82) is 0 Å². The lowest BCUT2D eigenvalue weighted by molar-refractivity contribution is -0.119. The minimum atomic E-state index is -0.490. The summed E-state index contributed by atoms with van der Waals surface area (Å²) in [6, 6.07) is 5.17. The molecule has 0 aliphatic heterocycles. The molecule has 3 aromatic rings. The zero-order valence-corrected chi connectivity index (χ0v) is 15.7. The third-order valence-electron chi connectivity index (χ3n) is 4.26. The molecule has 3 rings (SSSR count). The molecule has 1 amide bonds. The molecule has 9 heteroatoms. The molecule has 2 heterocycles. The van der Waals surface area contributed by atoms with Gasteiger partial charge in [0, 0.05) is 5.56 Å². The van der Waals surface area contributed by atoms with E-state index < -0.39 is 6.04 Å². The quantitative estimate of drug-likeness (QED) is 0.684. The Morgan fingerprint density at radius 1 is 1.22 bits per heavy atom. The van der Waals surface area contributed by atoms with Crippen molar-refractivity contribution in [2.45, 2.75) is 26.4 Å². The van der Waals surface area contributed by atoms with E-state index >= 15 is 0 Å². The normalized spacial score (nSPS) is 11.9. The maximum absolute atomic E-state index is 12.6. The van der Waals surface area contributed by atoms with E-state index in [0.29, 0.717) is 23.9 Å². The number of rotatable bonds is 7. The molecule has 0 radical (unpaired) electrons. The molecule has 0 bridgehead atoms. The fraction of sp³-hybridized carbons (Fsp3) is 0.333. The lowest BCUT2D eigenvalue weighted by Gasteiger charge is -2.15. The highest BCUT2D eigenvalue weighted by Gasteiger charge is 2.19. The molecule has 0 spiro atoms. The summed E-state index contributed by atoms with van der Waals surface area (Å²) in [6.07, 6.45) is 4.63. The van der Waals surface area contributed by atoms with Gasteiger partial charge in [-0.05, 0) is 31.5 Å². The van der Waals surface area contributed by atoms with Gasteiger partial charge in [-0.2, -0.15) is 10.2 Å². The van der Waals surface area contributed by atoms with Crippen molar-refractivity contribution >= 4 is 11.7 Å². The monoisotopic (exact) mass is 370 g/mol. The van der Waals surface area contributed by atoms with Crippen LogP contribution >= 0.6 is 0 Å². The van der Waals surface area contributed by atoms with Gasteiger partial charge in [0.15, 0.2) is 11.5 Å². The van der Waals surface area contributed by atoms with Gasteiger partial charge in [0.2, 0.25) is 5.91 Å². The summed E-state index contributed by atoms with van der Waals surface area (Å²) in [5, 5.41) is 11.3. The number of hydrogen-bond donors (Lipinski definition) is 1. The summed E-state index contributed by atoms with van der Waals surface area (Å²) in [5.74, 6) is 1.75. The number of nitrogens with one attached hydrogen (secondary N) is 1. The number of hydrogen-bond acceptors (Lipinski definition) is 6. The molecule has 9 nitrogen and oxygen atoms in total. The summed E-state index contributed by atoms with van der Waals surface area (Å²) in [5.41, 5.74) is 1.84. The number of aromatic nitrogens is 5. The van der Waals surface area contributed by atoms with E-state index in [2.05, 4.69) is 20.5 Å². The number of aryl methyl sites for hydroxylation is 1. The fourth-order valence-electron chi connectivity index (χ4n) is 2.67. The molecule has 0 saturated carbocycles. The van der Waals surface area contributed by atoms with Gasteiger partial charge in [0.1, 0.15) is 24.5 Å². The lowest BCUT2D eigenvalue weighted by atomic mass is 10.2. The zero-order valence-electron chi connectivity index (χ0n) is 15.7. The second-order valence-electron chi connectivity index (χ2n) is 6.06. The molecule has 142 valence electrons. The highest BCUT2D eigenvalue weighted by atomic mass is 16.5. The molecule has 0 saturated heterocycles. The van der Waals surface area contributed by atoms with Crippen molar-refractivity contribution in [1.82, 2.24) is 24.5 Å². The second-order valence-corrected chi connectivity index (χ2v) is 6.06. The van der Waals surface area contributed by atoms with Crippen LogP contribution in [0.5, 0.6) is 11.5 Å². The van der Waals surface area contributed by atoms with Crippen LogP contribution in [0, 0.1) is 6.92 Å². The van der Waals surface area contributed by atoms with Gasteiger partial charge < -0.3 is 14.8 Å². The smallest absolute Gasteiger partial charge is 0.250 e. The number of anilines is 1. The Morgan fingerprint density at radius 2 is 2.00 bits per heavy atom. The Morgan fingerprint density at radius 3 is 2.67 bits per heavy atom. The Kier molecular flexibility index (Phi) is 5.39. The molecule has 27 heavy (non-hydrogen) atoms. The van der Waals surface area contributed by atoms with Crippen LogP contribution < -0.4 is 14.8 Å². The van der Waals surface area contributed by atoms with Crippen LogP contribution in [0.3, 0.4) is 0 Å². The predicted octanol–water partition coefficient (Wildman–Crippen LogP) is 2.05. The van der Waals surface area contributed by atoms with E-state index in [9.17, 15) is 4.79 Å². The maximum atomic E-state index is 12.6. The number of benzene rings is 1. The van der Waals surface area contributed by atoms with Crippen molar-refractivity contribution in [2.24, 2.45) is 0 Å². The summed E-state index contributed by atoms with van der Waals surface area (Å²) >= 11 is 0. The summed E-state index contributed by atoms with van der Waals surface area (Å²) < 4.78 is 13.9. The first-order valence-electron chi connectivity index (χ1n) is 8.41. The lowest BCUT2D eigenvalue weighted by Crippen LogP contribution is -2.26. The van der Waals surface area contributed by atoms with E-state index in [4.69, 9.17) is 9.47 Å². The van der Waals surface area contributed by atoms with E-state index in [-0.39, 0.29) is 5.91 Å². The number of carbonyl (C=O) groups is 1. The fourth-order valence-corrected chi connectivity index (χ4v) is 2.67. The molecular formula is C18H22N6O3. The van der Waals surface area contributed by atoms with Crippen LogP contribution in [-0.4, -0.2) is 44.7 Å². The van der Waals surface area contributed by atoms with Crippen molar-refractivity contribution < 1.29 is 14.3 Å². The molecule has 0 aliphatic rings. The third kappa shape index (κ3) is 3.91. The predicted molar refractivity (Wildman–Crippen MR) is 99.0 cm³/mol. The molecule has 1 N–H and O–H groups in total. The molecule has 0 fully saturated rings.